The van der Waals surface area contributed by atoms with Crippen LogP contribution in [0, 0.1) is 5.92 Å². The largest absolute Gasteiger partial charge is 0.466 e. The summed E-state index contributed by atoms with van der Waals surface area (Å²) in [6.45, 7) is 2.07. The molecule has 100 valence electrons. The molecule has 0 aliphatic carbocycles. The molecule has 0 aromatic rings. The molecule has 1 rings (SSSR count). The van der Waals surface area contributed by atoms with Crippen molar-refractivity contribution in [2.24, 2.45) is 11.7 Å². The maximum absolute atomic E-state index is 12.2. The average Bonchev–Trinajstić information content (AvgIpc) is 2.38. The van der Waals surface area contributed by atoms with E-state index in [0.29, 0.717) is 25.0 Å². The van der Waals surface area contributed by atoms with Gasteiger partial charge < -0.3 is 15.2 Å². The molecule has 6 heteroatoms. The van der Waals surface area contributed by atoms with E-state index in [-0.39, 0.29) is 12.2 Å². The van der Waals surface area contributed by atoms with E-state index in [1.165, 1.54) is 7.11 Å². The van der Waals surface area contributed by atoms with Gasteiger partial charge in [-0.15, -0.1) is 0 Å². The van der Waals surface area contributed by atoms with Gasteiger partial charge >= 0.3 is 5.97 Å². The third-order valence-electron chi connectivity index (χ3n) is 2.90. The second kappa shape index (κ2) is 6.30. The van der Waals surface area contributed by atoms with Crippen molar-refractivity contribution in [3.63, 3.8) is 0 Å². The van der Waals surface area contributed by atoms with E-state index in [0.717, 1.165) is 0 Å². The minimum absolute atomic E-state index is 0.0307. The zero-order chi connectivity index (χ0) is 13.7. The molecule has 1 amide bonds. The maximum atomic E-state index is 12.2. The van der Waals surface area contributed by atoms with Crippen molar-refractivity contribution < 1.29 is 23.9 Å². The Hall–Kier alpha value is -1.69. The molecule has 18 heavy (non-hydrogen) atoms. The average molecular weight is 255 g/mol. The van der Waals surface area contributed by atoms with Crippen molar-refractivity contribution >= 4 is 17.7 Å². The number of carbonyl (C=O) groups is 3. The van der Waals surface area contributed by atoms with Gasteiger partial charge in [-0.25, -0.2) is 4.79 Å². The van der Waals surface area contributed by atoms with Gasteiger partial charge in [-0.3, -0.25) is 9.59 Å². The number of rotatable bonds is 5. The van der Waals surface area contributed by atoms with Crippen LogP contribution in [0.1, 0.15) is 19.8 Å². The van der Waals surface area contributed by atoms with Gasteiger partial charge in [-0.05, 0) is 12.8 Å². The van der Waals surface area contributed by atoms with Gasteiger partial charge in [0.15, 0.2) is 5.78 Å². The molecule has 1 atom stereocenters. The lowest BCUT2D eigenvalue weighted by atomic mass is 9.89. The Kier molecular flexibility index (Phi) is 5.03. The number of nitrogens with two attached hydrogens (primary N) is 1. The maximum Gasteiger partial charge on any atom is 0.336 e. The summed E-state index contributed by atoms with van der Waals surface area (Å²) in [6.07, 6.45) is 0.611. The minimum atomic E-state index is -0.891. The van der Waals surface area contributed by atoms with Crippen LogP contribution in [0.4, 0.5) is 0 Å². The van der Waals surface area contributed by atoms with Crippen LogP contribution in [0.25, 0.3) is 0 Å². The van der Waals surface area contributed by atoms with Crippen LogP contribution in [0.15, 0.2) is 11.1 Å². The quantitative estimate of drug-likeness (QED) is 0.549. The van der Waals surface area contributed by atoms with E-state index in [1.54, 1.807) is 6.92 Å². The molecule has 0 aromatic carbocycles. The van der Waals surface area contributed by atoms with Crippen molar-refractivity contribution in [1.82, 2.24) is 0 Å². The van der Waals surface area contributed by atoms with Crippen LogP contribution in [0.3, 0.4) is 0 Å². The lowest BCUT2D eigenvalue weighted by molar-refractivity contribution is -0.138. The van der Waals surface area contributed by atoms with E-state index in [9.17, 15) is 14.4 Å². The highest BCUT2D eigenvalue weighted by atomic mass is 16.5. The Balaban J connectivity index is 3.09. The van der Waals surface area contributed by atoms with Gasteiger partial charge in [0.05, 0.1) is 25.9 Å². The summed E-state index contributed by atoms with van der Waals surface area (Å²) in [5.41, 5.74) is 5.67. The van der Waals surface area contributed by atoms with E-state index in [1.807, 2.05) is 0 Å². The van der Waals surface area contributed by atoms with Crippen LogP contribution >= 0.6 is 0 Å². The molecule has 1 heterocycles. The smallest absolute Gasteiger partial charge is 0.336 e. The number of hydrogen-bond acceptors (Lipinski definition) is 5. The van der Waals surface area contributed by atoms with E-state index >= 15 is 0 Å². The predicted octanol–water partition coefficient (Wildman–Crippen LogP) is -0.0431. The second-order valence-electron chi connectivity index (χ2n) is 3.98. The standard InChI is InChI=1S/C12H17NO5/c1-3-7(11(13)15)10(14)8-4-5-18-6-9(8)12(16)17-2/h7H,3-6H2,1-2H3,(H2,13,15). The van der Waals surface area contributed by atoms with Crippen LogP contribution in [0.2, 0.25) is 0 Å². The number of hydrogen-bond donors (Lipinski definition) is 1. The van der Waals surface area contributed by atoms with Crippen LogP contribution in [0.5, 0.6) is 0 Å². The SMILES string of the molecule is CCC(C(N)=O)C(=O)C1=C(C(=O)OC)COCC1. The van der Waals surface area contributed by atoms with Crippen molar-refractivity contribution in [2.75, 3.05) is 20.3 Å². The molecular formula is C12H17NO5. The Bertz CT molecular complexity index is 399. The molecule has 0 radical (unpaired) electrons. The number of ketones is 1. The summed E-state index contributed by atoms with van der Waals surface area (Å²) in [5.74, 6) is -2.56. The molecule has 0 bridgehead atoms. The molecule has 6 nitrogen and oxygen atoms in total. The van der Waals surface area contributed by atoms with Gasteiger partial charge in [0.1, 0.15) is 5.92 Å². The summed E-state index contributed by atoms with van der Waals surface area (Å²) >= 11 is 0. The molecule has 0 spiro atoms. The normalized spacial score (nSPS) is 17.2. The van der Waals surface area contributed by atoms with Crippen molar-refractivity contribution in [2.45, 2.75) is 19.8 Å². The van der Waals surface area contributed by atoms with Gasteiger partial charge in [0.2, 0.25) is 5.91 Å². The fourth-order valence-corrected chi connectivity index (χ4v) is 1.89. The second-order valence-corrected chi connectivity index (χ2v) is 3.98. The molecule has 0 saturated carbocycles. The fraction of sp³-hybridized carbons (Fsp3) is 0.583. The summed E-state index contributed by atoms with van der Waals surface area (Å²) in [7, 11) is 1.23. The topological polar surface area (TPSA) is 95.7 Å². The van der Waals surface area contributed by atoms with Gasteiger partial charge in [-0.2, -0.15) is 0 Å². The summed E-state index contributed by atoms with van der Waals surface area (Å²) < 4.78 is 9.73. The van der Waals surface area contributed by atoms with E-state index in [2.05, 4.69) is 4.74 Å². The lowest BCUT2D eigenvalue weighted by Crippen LogP contribution is -2.33. The number of esters is 1. The van der Waals surface area contributed by atoms with E-state index < -0.39 is 23.6 Å². The minimum Gasteiger partial charge on any atom is -0.466 e. The number of carbonyl (C=O) groups excluding carboxylic acids is 3. The third-order valence-corrected chi connectivity index (χ3v) is 2.90. The number of primary amides is 1. The number of amides is 1. The zero-order valence-electron chi connectivity index (χ0n) is 10.5. The molecular weight excluding hydrogens is 238 g/mol. The first-order chi connectivity index (χ1) is 8.52. The predicted molar refractivity (Wildman–Crippen MR) is 62.5 cm³/mol. The number of methoxy groups -OCH3 is 1. The van der Waals surface area contributed by atoms with Crippen molar-refractivity contribution in [3.8, 4) is 0 Å². The molecule has 0 aromatic heterocycles. The first-order valence-corrected chi connectivity index (χ1v) is 5.74. The molecule has 0 fully saturated rings. The first-order valence-electron chi connectivity index (χ1n) is 5.74. The summed E-state index contributed by atoms with van der Waals surface area (Å²) in [6, 6.07) is 0. The highest BCUT2D eigenvalue weighted by Gasteiger charge is 2.31. The van der Waals surface area contributed by atoms with Gasteiger partial charge in [-0.1, -0.05) is 6.92 Å². The summed E-state index contributed by atoms with van der Waals surface area (Å²) in [5, 5.41) is 0. The Morgan fingerprint density at radius 3 is 2.56 bits per heavy atom. The molecule has 1 aliphatic rings. The highest BCUT2D eigenvalue weighted by molar-refractivity contribution is 6.12. The Labute approximate surface area is 105 Å². The first kappa shape index (κ1) is 14.4. The molecule has 1 aliphatic heterocycles. The Morgan fingerprint density at radius 1 is 1.39 bits per heavy atom. The van der Waals surface area contributed by atoms with Crippen LogP contribution in [-0.2, 0) is 23.9 Å². The lowest BCUT2D eigenvalue weighted by Gasteiger charge is -2.20. The monoisotopic (exact) mass is 255 g/mol. The fourth-order valence-electron chi connectivity index (χ4n) is 1.89. The van der Waals surface area contributed by atoms with Crippen LogP contribution < -0.4 is 5.73 Å². The van der Waals surface area contributed by atoms with Crippen molar-refractivity contribution in [1.29, 1.82) is 0 Å². The highest BCUT2D eigenvalue weighted by Crippen LogP contribution is 2.22. The van der Waals surface area contributed by atoms with Crippen LogP contribution in [-0.4, -0.2) is 38.0 Å². The number of ether oxygens (including phenoxy) is 2. The van der Waals surface area contributed by atoms with Gasteiger partial charge in [0.25, 0.3) is 0 Å². The van der Waals surface area contributed by atoms with E-state index in [4.69, 9.17) is 10.5 Å². The molecule has 0 saturated heterocycles. The van der Waals surface area contributed by atoms with Gasteiger partial charge in [0, 0.05) is 5.57 Å². The molecule has 1 unspecified atom stereocenters. The Morgan fingerprint density at radius 2 is 2.06 bits per heavy atom. The third kappa shape index (κ3) is 2.95. The van der Waals surface area contributed by atoms with Crippen molar-refractivity contribution in [3.05, 3.63) is 11.1 Å². The zero-order valence-corrected chi connectivity index (χ0v) is 10.5. The number of Topliss-reactive ketones (excluding diaryl/α,β-unsaturated/α-hetero) is 1. The summed E-state index contributed by atoms with van der Waals surface area (Å²) in [4.78, 5) is 34.9. The molecule has 2 N–H and O–H groups in total.